The molecule has 1 atom stereocenters. The SMILES string of the molecule is Cc1ccc2c(CC(=O)N3CCC[C@H](c4ccnc(C)n4)C3)coc2c1. The van der Waals surface area contributed by atoms with Crippen LogP contribution in [0.1, 0.15) is 41.4 Å². The fourth-order valence-corrected chi connectivity index (χ4v) is 3.75. The van der Waals surface area contributed by atoms with Crippen LogP contribution >= 0.6 is 0 Å². The molecule has 0 unspecified atom stereocenters. The van der Waals surface area contributed by atoms with Gasteiger partial charge < -0.3 is 9.32 Å². The number of hydrogen-bond acceptors (Lipinski definition) is 4. The van der Waals surface area contributed by atoms with Crippen LogP contribution in [0.5, 0.6) is 0 Å². The van der Waals surface area contributed by atoms with Crippen molar-refractivity contribution in [2.45, 2.75) is 39.0 Å². The summed E-state index contributed by atoms with van der Waals surface area (Å²) in [5.74, 6) is 1.23. The molecule has 0 spiro atoms. The third kappa shape index (κ3) is 3.34. The van der Waals surface area contributed by atoms with Crippen molar-refractivity contribution in [1.82, 2.24) is 14.9 Å². The molecule has 0 N–H and O–H groups in total. The standard InChI is InChI=1S/C21H23N3O2/c1-14-5-6-18-17(13-26-20(18)10-14)11-21(25)24-9-3-4-16(12-24)19-7-8-22-15(2)23-19/h5-8,10,13,16H,3-4,9,11-12H2,1-2H3/t16-/m0/s1. The van der Waals surface area contributed by atoms with Crippen molar-refractivity contribution >= 4 is 16.9 Å². The van der Waals surface area contributed by atoms with E-state index >= 15 is 0 Å². The lowest BCUT2D eigenvalue weighted by atomic mass is 9.94. The Morgan fingerprint density at radius 2 is 2.19 bits per heavy atom. The van der Waals surface area contributed by atoms with Gasteiger partial charge in [-0.3, -0.25) is 4.79 Å². The summed E-state index contributed by atoms with van der Waals surface area (Å²) < 4.78 is 5.63. The van der Waals surface area contributed by atoms with Crippen molar-refractivity contribution in [3.8, 4) is 0 Å². The molecule has 26 heavy (non-hydrogen) atoms. The van der Waals surface area contributed by atoms with Gasteiger partial charge in [0.2, 0.25) is 5.91 Å². The number of rotatable bonds is 3. The lowest BCUT2D eigenvalue weighted by molar-refractivity contribution is -0.131. The average Bonchev–Trinajstić information content (AvgIpc) is 3.03. The normalized spacial score (nSPS) is 17.6. The lowest BCUT2D eigenvalue weighted by Gasteiger charge is -2.32. The summed E-state index contributed by atoms with van der Waals surface area (Å²) in [7, 11) is 0. The number of fused-ring (bicyclic) bond motifs is 1. The van der Waals surface area contributed by atoms with Gasteiger partial charge in [0, 0.05) is 41.8 Å². The maximum Gasteiger partial charge on any atom is 0.227 e. The van der Waals surface area contributed by atoms with Crippen LogP contribution in [-0.2, 0) is 11.2 Å². The Morgan fingerprint density at radius 1 is 1.31 bits per heavy atom. The molecule has 0 saturated carbocycles. The molecule has 4 rings (SSSR count). The van der Waals surface area contributed by atoms with Crippen LogP contribution in [0.15, 0.2) is 41.1 Å². The number of piperidine rings is 1. The van der Waals surface area contributed by atoms with Crippen molar-refractivity contribution in [2.24, 2.45) is 0 Å². The van der Waals surface area contributed by atoms with Crippen LogP contribution in [-0.4, -0.2) is 33.9 Å². The Balaban J connectivity index is 1.49. The molecule has 3 aromatic rings. The van der Waals surface area contributed by atoms with Crippen LogP contribution in [0, 0.1) is 13.8 Å². The van der Waals surface area contributed by atoms with Crippen molar-refractivity contribution in [3.63, 3.8) is 0 Å². The first-order valence-corrected chi connectivity index (χ1v) is 9.14. The third-order valence-electron chi connectivity index (χ3n) is 5.14. The van der Waals surface area contributed by atoms with Crippen molar-refractivity contribution in [1.29, 1.82) is 0 Å². The summed E-state index contributed by atoms with van der Waals surface area (Å²) in [5, 5.41) is 1.03. The van der Waals surface area contributed by atoms with E-state index in [1.807, 2.05) is 36.9 Å². The zero-order valence-corrected chi connectivity index (χ0v) is 15.2. The van der Waals surface area contributed by atoms with Crippen LogP contribution in [0.3, 0.4) is 0 Å². The first-order valence-electron chi connectivity index (χ1n) is 9.14. The summed E-state index contributed by atoms with van der Waals surface area (Å²) in [4.78, 5) is 23.6. The fourth-order valence-electron chi connectivity index (χ4n) is 3.75. The minimum absolute atomic E-state index is 0.156. The highest BCUT2D eigenvalue weighted by Crippen LogP contribution is 2.27. The maximum absolute atomic E-state index is 12.9. The number of carbonyl (C=O) groups excluding carboxylic acids is 1. The van der Waals surface area contributed by atoms with E-state index in [1.165, 1.54) is 0 Å². The number of likely N-dealkylation sites (tertiary alicyclic amines) is 1. The van der Waals surface area contributed by atoms with Gasteiger partial charge in [-0.25, -0.2) is 9.97 Å². The molecule has 1 fully saturated rings. The molecule has 1 amide bonds. The molecule has 134 valence electrons. The molecule has 5 heteroatoms. The van der Waals surface area contributed by atoms with E-state index in [0.717, 1.165) is 59.5 Å². The molecule has 2 aromatic heterocycles. The van der Waals surface area contributed by atoms with E-state index in [2.05, 4.69) is 16.0 Å². The molecule has 1 aliphatic rings. The van der Waals surface area contributed by atoms with Gasteiger partial charge in [0.1, 0.15) is 11.4 Å². The molecular formula is C21H23N3O2. The molecule has 1 saturated heterocycles. The van der Waals surface area contributed by atoms with Crippen molar-refractivity contribution in [2.75, 3.05) is 13.1 Å². The van der Waals surface area contributed by atoms with Crippen LogP contribution in [0.2, 0.25) is 0 Å². The van der Waals surface area contributed by atoms with Gasteiger partial charge >= 0.3 is 0 Å². The molecule has 1 aliphatic heterocycles. The number of amides is 1. The second kappa shape index (κ2) is 6.90. The van der Waals surface area contributed by atoms with Gasteiger partial charge in [-0.2, -0.15) is 0 Å². The van der Waals surface area contributed by atoms with Crippen LogP contribution in [0.4, 0.5) is 0 Å². The van der Waals surface area contributed by atoms with Gasteiger partial charge in [0.05, 0.1) is 12.7 Å². The average molecular weight is 349 g/mol. The summed E-state index contributed by atoms with van der Waals surface area (Å²) in [6.07, 6.45) is 5.97. The highest BCUT2D eigenvalue weighted by Gasteiger charge is 2.26. The Kier molecular flexibility index (Phi) is 4.45. The van der Waals surface area contributed by atoms with E-state index < -0.39 is 0 Å². The molecular weight excluding hydrogens is 326 g/mol. The lowest BCUT2D eigenvalue weighted by Crippen LogP contribution is -2.40. The van der Waals surface area contributed by atoms with Gasteiger partial charge in [-0.15, -0.1) is 0 Å². The van der Waals surface area contributed by atoms with Crippen LogP contribution < -0.4 is 0 Å². The van der Waals surface area contributed by atoms with E-state index in [9.17, 15) is 4.79 Å². The molecule has 0 bridgehead atoms. The monoisotopic (exact) mass is 349 g/mol. The van der Waals surface area contributed by atoms with E-state index in [1.54, 1.807) is 12.5 Å². The zero-order valence-electron chi connectivity index (χ0n) is 15.2. The number of benzene rings is 1. The van der Waals surface area contributed by atoms with Gasteiger partial charge in [0.25, 0.3) is 0 Å². The Morgan fingerprint density at radius 3 is 3.04 bits per heavy atom. The summed E-state index contributed by atoms with van der Waals surface area (Å²) in [6.45, 7) is 5.48. The number of furan rings is 1. The topological polar surface area (TPSA) is 59.2 Å². The molecule has 0 aliphatic carbocycles. The zero-order chi connectivity index (χ0) is 18.1. The smallest absolute Gasteiger partial charge is 0.227 e. The first kappa shape index (κ1) is 16.8. The predicted molar refractivity (Wildman–Crippen MR) is 100.0 cm³/mol. The summed E-state index contributed by atoms with van der Waals surface area (Å²) >= 11 is 0. The second-order valence-corrected chi connectivity index (χ2v) is 7.14. The Hall–Kier alpha value is -2.69. The summed E-state index contributed by atoms with van der Waals surface area (Å²) in [6, 6.07) is 8.08. The van der Waals surface area contributed by atoms with Crippen LogP contribution in [0.25, 0.3) is 11.0 Å². The summed E-state index contributed by atoms with van der Waals surface area (Å²) in [5.41, 5.74) is 4.01. The number of aryl methyl sites for hydroxylation is 2. The Bertz CT molecular complexity index is 947. The van der Waals surface area contributed by atoms with E-state index in [-0.39, 0.29) is 11.8 Å². The van der Waals surface area contributed by atoms with Gasteiger partial charge in [0.15, 0.2) is 0 Å². The minimum atomic E-state index is 0.156. The van der Waals surface area contributed by atoms with E-state index in [4.69, 9.17) is 4.42 Å². The fraction of sp³-hybridized carbons (Fsp3) is 0.381. The third-order valence-corrected chi connectivity index (χ3v) is 5.14. The van der Waals surface area contributed by atoms with Gasteiger partial charge in [-0.1, -0.05) is 12.1 Å². The number of hydrogen-bond donors (Lipinski definition) is 0. The Labute approximate surface area is 153 Å². The highest BCUT2D eigenvalue weighted by atomic mass is 16.3. The molecule has 3 heterocycles. The first-order chi connectivity index (χ1) is 12.6. The molecule has 5 nitrogen and oxygen atoms in total. The van der Waals surface area contributed by atoms with E-state index in [0.29, 0.717) is 6.42 Å². The quantitative estimate of drug-likeness (QED) is 0.722. The highest BCUT2D eigenvalue weighted by molar-refractivity contribution is 5.88. The minimum Gasteiger partial charge on any atom is -0.464 e. The van der Waals surface area contributed by atoms with Crippen molar-refractivity contribution in [3.05, 3.63) is 59.4 Å². The number of aromatic nitrogens is 2. The molecule has 1 aromatic carbocycles. The maximum atomic E-state index is 12.9. The number of carbonyl (C=O) groups is 1. The number of nitrogens with zero attached hydrogens (tertiary/aromatic N) is 3. The largest absolute Gasteiger partial charge is 0.464 e. The van der Waals surface area contributed by atoms with Crippen molar-refractivity contribution < 1.29 is 9.21 Å². The van der Waals surface area contributed by atoms with Gasteiger partial charge in [-0.05, 0) is 44.4 Å². The predicted octanol–water partition coefficient (Wildman–Crippen LogP) is 3.79. The molecule has 0 radical (unpaired) electrons. The second-order valence-electron chi connectivity index (χ2n) is 7.14.